The zero-order valence-corrected chi connectivity index (χ0v) is 13.5. The summed E-state index contributed by atoms with van der Waals surface area (Å²) in [5, 5.41) is 1.14. The second-order valence-electron chi connectivity index (χ2n) is 4.44. The maximum Gasteiger partial charge on any atom is 0.145 e. The van der Waals surface area contributed by atoms with Crippen LogP contribution in [0.1, 0.15) is 25.3 Å². The summed E-state index contributed by atoms with van der Waals surface area (Å²) in [5.41, 5.74) is 2.44. The summed E-state index contributed by atoms with van der Waals surface area (Å²) in [6.07, 6.45) is 2.01. The van der Waals surface area contributed by atoms with E-state index in [1.807, 2.05) is 13.2 Å². The molecule has 0 amide bonds. The third-order valence-corrected chi connectivity index (χ3v) is 4.45. The largest absolute Gasteiger partial charge is 0.494 e. The van der Waals surface area contributed by atoms with Gasteiger partial charge in [0.05, 0.1) is 18.0 Å². The van der Waals surface area contributed by atoms with E-state index in [1.165, 1.54) is 5.56 Å². The molecule has 2 nitrogen and oxygen atoms in total. The van der Waals surface area contributed by atoms with Gasteiger partial charge in [-0.25, -0.2) is 0 Å². The minimum Gasteiger partial charge on any atom is -0.494 e. The van der Waals surface area contributed by atoms with Gasteiger partial charge >= 0.3 is 0 Å². The molecule has 0 saturated carbocycles. The lowest BCUT2D eigenvalue weighted by Crippen LogP contribution is -1.94. The first-order chi connectivity index (χ1) is 7.97. The van der Waals surface area contributed by atoms with Crippen LogP contribution >= 0.6 is 31.9 Å². The Balaban J connectivity index is 2.90. The van der Waals surface area contributed by atoms with E-state index in [1.54, 1.807) is 7.11 Å². The number of fused-ring (bicyclic) bond motifs is 1. The Kier molecular flexibility index (Phi) is 3.55. The Hall–Kier alpha value is -0.480. The van der Waals surface area contributed by atoms with Gasteiger partial charge in [0, 0.05) is 22.2 Å². The van der Waals surface area contributed by atoms with Crippen LogP contribution < -0.4 is 4.74 Å². The fourth-order valence-electron chi connectivity index (χ4n) is 2.13. The monoisotopic (exact) mass is 359 g/mol. The van der Waals surface area contributed by atoms with E-state index >= 15 is 0 Å². The van der Waals surface area contributed by atoms with Crippen LogP contribution in [0.2, 0.25) is 0 Å². The summed E-state index contributed by atoms with van der Waals surface area (Å²) in [6.45, 7) is 4.37. The van der Waals surface area contributed by atoms with Crippen LogP contribution in [-0.2, 0) is 7.05 Å². The fraction of sp³-hybridized carbons (Fsp3) is 0.385. The molecule has 0 aliphatic rings. The first kappa shape index (κ1) is 13.0. The van der Waals surface area contributed by atoms with Crippen LogP contribution in [0.25, 0.3) is 10.9 Å². The minimum absolute atomic E-state index is 0.452. The van der Waals surface area contributed by atoms with Crippen molar-refractivity contribution in [1.82, 2.24) is 4.57 Å². The molecule has 0 atom stereocenters. The SMILES string of the molecule is COc1cn(C)c2cc(Br)c(C(C)C)c(Br)c12. The molecule has 17 heavy (non-hydrogen) atoms. The molecule has 0 saturated heterocycles. The third kappa shape index (κ3) is 2.02. The number of hydrogen-bond acceptors (Lipinski definition) is 1. The number of nitrogens with zero attached hydrogens (tertiary/aromatic N) is 1. The minimum atomic E-state index is 0.452. The molecule has 1 aromatic carbocycles. The zero-order valence-electron chi connectivity index (χ0n) is 10.3. The topological polar surface area (TPSA) is 14.2 Å². The van der Waals surface area contributed by atoms with Gasteiger partial charge in [0.1, 0.15) is 5.75 Å². The maximum atomic E-state index is 5.44. The van der Waals surface area contributed by atoms with Crippen molar-refractivity contribution in [3.8, 4) is 5.75 Å². The van der Waals surface area contributed by atoms with Crippen molar-refractivity contribution < 1.29 is 4.74 Å². The Morgan fingerprint density at radius 1 is 1.29 bits per heavy atom. The van der Waals surface area contributed by atoms with Gasteiger partial charge in [-0.2, -0.15) is 0 Å². The quantitative estimate of drug-likeness (QED) is 0.747. The highest BCUT2D eigenvalue weighted by atomic mass is 79.9. The summed E-state index contributed by atoms with van der Waals surface area (Å²) < 4.78 is 9.77. The predicted octanol–water partition coefficient (Wildman–Crippen LogP) is 4.84. The van der Waals surface area contributed by atoms with Crippen LogP contribution in [0.5, 0.6) is 5.75 Å². The normalized spacial score (nSPS) is 11.5. The smallest absolute Gasteiger partial charge is 0.145 e. The Morgan fingerprint density at radius 3 is 2.47 bits per heavy atom. The van der Waals surface area contributed by atoms with Gasteiger partial charge in [0.15, 0.2) is 0 Å². The maximum absolute atomic E-state index is 5.44. The van der Waals surface area contributed by atoms with Gasteiger partial charge in [0.25, 0.3) is 0 Å². The molecule has 1 aromatic heterocycles. The van der Waals surface area contributed by atoms with Crippen molar-refractivity contribution in [1.29, 1.82) is 0 Å². The summed E-state index contributed by atoms with van der Waals surface area (Å²) in [5.74, 6) is 1.36. The molecule has 2 aromatic rings. The van der Waals surface area contributed by atoms with E-state index in [0.717, 1.165) is 25.6 Å². The van der Waals surface area contributed by atoms with E-state index in [9.17, 15) is 0 Å². The molecule has 0 spiro atoms. The van der Waals surface area contributed by atoms with E-state index in [0.29, 0.717) is 5.92 Å². The van der Waals surface area contributed by atoms with Crippen LogP contribution in [-0.4, -0.2) is 11.7 Å². The molecule has 0 radical (unpaired) electrons. The van der Waals surface area contributed by atoms with Gasteiger partial charge in [-0.3, -0.25) is 0 Å². The number of methoxy groups -OCH3 is 1. The summed E-state index contributed by atoms with van der Waals surface area (Å²) in [7, 11) is 3.73. The van der Waals surface area contributed by atoms with Crippen molar-refractivity contribution in [2.24, 2.45) is 7.05 Å². The molecule has 0 fully saturated rings. The molecule has 2 rings (SSSR count). The molecule has 92 valence electrons. The van der Waals surface area contributed by atoms with E-state index in [4.69, 9.17) is 4.74 Å². The number of halogens is 2. The molecular formula is C13H15Br2NO. The van der Waals surface area contributed by atoms with Crippen LogP contribution in [0.3, 0.4) is 0 Å². The van der Waals surface area contributed by atoms with Gasteiger partial charge in [-0.05, 0) is 33.5 Å². The van der Waals surface area contributed by atoms with Gasteiger partial charge in [-0.15, -0.1) is 0 Å². The number of aromatic nitrogens is 1. The number of aryl methyl sites for hydroxylation is 1. The van der Waals surface area contributed by atoms with Gasteiger partial charge in [0.2, 0.25) is 0 Å². The Morgan fingerprint density at radius 2 is 1.94 bits per heavy atom. The van der Waals surface area contributed by atoms with Crippen molar-refractivity contribution in [3.05, 3.63) is 26.8 Å². The fourth-order valence-corrected chi connectivity index (χ4v) is 4.34. The molecular weight excluding hydrogens is 346 g/mol. The molecule has 0 unspecified atom stereocenters. The highest BCUT2D eigenvalue weighted by Gasteiger charge is 2.18. The summed E-state index contributed by atoms with van der Waals surface area (Å²) in [4.78, 5) is 0. The molecule has 0 aliphatic carbocycles. The van der Waals surface area contributed by atoms with Crippen LogP contribution in [0.4, 0.5) is 0 Å². The number of rotatable bonds is 2. The lowest BCUT2D eigenvalue weighted by Gasteiger charge is -2.13. The highest BCUT2D eigenvalue weighted by molar-refractivity contribution is 9.11. The van der Waals surface area contributed by atoms with E-state index in [-0.39, 0.29) is 0 Å². The molecule has 1 heterocycles. The van der Waals surface area contributed by atoms with Crippen molar-refractivity contribution >= 4 is 42.8 Å². The lowest BCUT2D eigenvalue weighted by molar-refractivity contribution is 0.418. The first-order valence-corrected chi connectivity index (χ1v) is 7.06. The average Bonchev–Trinajstić information content (AvgIpc) is 2.55. The first-order valence-electron chi connectivity index (χ1n) is 5.48. The molecule has 0 aliphatic heterocycles. The van der Waals surface area contributed by atoms with Crippen molar-refractivity contribution in [2.75, 3.05) is 7.11 Å². The summed E-state index contributed by atoms with van der Waals surface area (Å²) in [6, 6.07) is 2.15. The molecule has 4 heteroatoms. The average molecular weight is 361 g/mol. The predicted molar refractivity (Wildman–Crippen MR) is 79.0 cm³/mol. The highest BCUT2D eigenvalue weighted by Crippen LogP contribution is 2.42. The molecule has 0 N–H and O–H groups in total. The molecule has 0 bridgehead atoms. The number of hydrogen-bond donors (Lipinski definition) is 0. The Labute approximate surface area is 118 Å². The standard InChI is InChI=1S/C13H15Br2NO/c1-7(2)11-8(14)5-9-12(13(11)15)10(17-4)6-16(9)3/h5-7H,1-4H3. The third-order valence-electron chi connectivity index (χ3n) is 2.97. The number of benzene rings is 1. The van der Waals surface area contributed by atoms with E-state index < -0.39 is 0 Å². The van der Waals surface area contributed by atoms with E-state index in [2.05, 4.69) is 56.3 Å². The zero-order chi connectivity index (χ0) is 12.7. The van der Waals surface area contributed by atoms with Gasteiger partial charge in [-0.1, -0.05) is 29.8 Å². The van der Waals surface area contributed by atoms with Gasteiger partial charge < -0.3 is 9.30 Å². The van der Waals surface area contributed by atoms with Crippen molar-refractivity contribution in [2.45, 2.75) is 19.8 Å². The van der Waals surface area contributed by atoms with Crippen LogP contribution in [0.15, 0.2) is 21.2 Å². The second kappa shape index (κ2) is 4.65. The Bertz CT molecular complexity index is 573. The van der Waals surface area contributed by atoms with Crippen LogP contribution in [0, 0.1) is 0 Å². The summed E-state index contributed by atoms with van der Waals surface area (Å²) >= 11 is 7.36. The number of ether oxygens (including phenoxy) is 1. The lowest BCUT2D eigenvalue weighted by atomic mass is 10.0. The van der Waals surface area contributed by atoms with Crippen molar-refractivity contribution in [3.63, 3.8) is 0 Å². The second-order valence-corrected chi connectivity index (χ2v) is 6.09.